The molecule has 1 aliphatic rings. The van der Waals surface area contributed by atoms with Crippen LogP contribution in [-0.2, 0) is 41.8 Å². The summed E-state index contributed by atoms with van der Waals surface area (Å²) in [5, 5.41) is 0.657. The van der Waals surface area contributed by atoms with E-state index >= 15 is 0 Å². The van der Waals surface area contributed by atoms with Crippen molar-refractivity contribution in [3.63, 3.8) is 0 Å². The van der Waals surface area contributed by atoms with Gasteiger partial charge < -0.3 is 9.30 Å². The zero-order valence-electron chi connectivity index (χ0n) is 17.3. The number of carbonyl (C=O) groups is 1. The summed E-state index contributed by atoms with van der Waals surface area (Å²) in [7, 11) is 1.33. The third-order valence-corrected chi connectivity index (χ3v) is 5.87. The Hall–Kier alpha value is -2.84. The van der Waals surface area contributed by atoms with Crippen LogP contribution in [0.4, 0.5) is 13.2 Å². The standard InChI is InChI=1S/C23H21ClF3N3O2/c1-32-22(31)20-10-19-21(30(14-28-19)12-16-4-8-18(24)9-5-16)13-29(20)11-15-2-6-17(7-3-15)23(25,26)27/h2-9,14,20H,10-13H2,1H3/t20-/m0/s1. The summed E-state index contributed by atoms with van der Waals surface area (Å²) >= 11 is 5.97. The van der Waals surface area contributed by atoms with Gasteiger partial charge in [-0.2, -0.15) is 13.2 Å². The number of aromatic nitrogens is 2. The Balaban J connectivity index is 1.58. The predicted octanol–water partition coefficient (Wildman–Crippen LogP) is 4.70. The van der Waals surface area contributed by atoms with Gasteiger partial charge in [-0.1, -0.05) is 35.9 Å². The van der Waals surface area contributed by atoms with Crippen molar-refractivity contribution >= 4 is 17.6 Å². The fourth-order valence-corrected chi connectivity index (χ4v) is 4.03. The maximum absolute atomic E-state index is 12.9. The van der Waals surface area contributed by atoms with E-state index in [9.17, 15) is 18.0 Å². The molecule has 0 saturated heterocycles. The average molecular weight is 464 g/mol. The van der Waals surface area contributed by atoms with Crippen LogP contribution in [0.25, 0.3) is 0 Å². The molecule has 1 aliphatic heterocycles. The van der Waals surface area contributed by atoms with Crippen molar-refractivity contribution in [2.24, 2.45) is 0 Å². The third-order valence-electron chi connectivity index (χ3n) is 5.62. The number of imidazole rings is 1. The smallest absolute Gasteiger partial charge is 0.416 e. The number of hydrogen-bond acceptors (Lipinski definition) is 4. The minimum Gasteiger partial charge on any atom is -0.468 e. The van der Waals surface area contributed by atoms with Gasteiger partial charge in [0.2, 0.25) is 0 Å². The number of rotatable bonds is 5. The molecule has 32 heavy (non-hydrogen) atoms. The van der Waals surface area contributed by atoms with Crippen molar-refractivity contribution in [3.05, 3.63) is 88.0 Å². The lowest BCUT2D eigenvalue weighted by Gasteiger charge is -2.34. The van der Waals surface area contributed by atoms with Gasteiger partial charge in [-0.25, -0.2) is 4.98 Å². The fourth-order valence-electron chi connectivity index (χ4n) is 3.91. The Bertz CT molecular complexity index is 1100. The van der Waals surface area contributed by atoms with E-state index in [1.807, 2.05) is 33.7 Å². The monoisotopic (exact) mass is 463 g/mol. The molecular weight excluding hydrogens is 443 g/mol. The second kappa shape index (κ2) is 8.96. The van der Waals surface area contributed by atoms with Gasteiger partial charge in [-0.05, 0) is 35.4 Å². The largest absolute Gasteiger partial charge is 0.468 e. The summed E-state index contributed by atoms with van der Waals surface area (Å²) in [6, 6.07) is 12.0. The number of esters is 1. The number of hydrogen-bond donors (Lipinski definition) is 0. The molecule has 0 spiro atoms. The Morgan fingerprint density at radius 3 is 2.34 bits per heavy atom. The minimum atomic E-state index is -4.39. The van der Waals surface area contributed by atoms with Crippen LogP contribution in [0.15, 0.2) is 54.9 Å². The predicted molar refractivity (Wildman–Crippen MR) is 113 cm³/mol. The number of halogens is 4. The van der Waals surface area contributed by atoms with Crippen molar-refractivity contribution in [3.8, 4) is 0 Å². The Labute approximate surface area is 188 Å². The van der Waals surface area contributed by atoms with E-state index in [2.05, 4.69) is 4.98 Å². The van der Waals surface area contributed by atoms with E-state index in [0.717, 1.165) is 29.1 Å². The van der Waals surface area contributed by atoms with Crippen LogP contribution < -0.4 is 0 Å². The second-order valence-corrected chi connectivity index (χ2v) is 8.17. The van der Waals surface area contributed by atoms with Crippen LogP contribution in [0.5, 0.6) is 0 Å². The molecule has 0 amide bonds. The third kappa shape index (κ3) is 4.81. The average Bonchev–Trinajstić information content (AvgIpc) is 3.15. The summed E-state index contributed by atoms with van der Waals surface area (Å²) in [5.74, 6) is -0.394. The minimum absolute atomic E-state index is 0.309. The number of benzene rings is 2. The van der Waals surface area contributed by atoms with Crippen LogP contribution in [0, 0.1) is 0 Å². The quantitative estimate of drug-likeness (QED) is 0.514. The van der Waals surface area contributed by atoms with Gasteiger partial charge in [-0.15, -0.1) is 0 Å². The topological polar surface area (TPSA) is 47.4 Å². The molecule has 0 aliphatic carbocycles. The lowest BCUT2D eigenvalue weighted by Crippen LogP contribution is -2.46. The lowest BCUT2D eigenvalue weighted by molar-refractivity contribution is -0.148. The van der Waals surface area contributed by atoms with Gasteiger partial charge in [0, 0.05) is 31.1 Å². The molecule has 4 rings (SSSR count). The first kappa shape index (κ1) is 22.4. The number of nitrogens with zero attached hydrogens (tertiary/aromatic N) is 3. The molecule has 5 nitrogen and oxygen atoms in total. The number of methoxy groups -OCH3 is 1. The first-order valence-electron chi connectivity index (χ1n) is 10.00. The number of ether oxygens (including phenoxy) is 1. The summed E-state index contributed by atoms with van der Waals surface area (Å²) in [5.41, 5.74) is 2.82. The molecule has 9 heteroatoms. The van der Waals surface area contributed by atoms with Crippen molar-refractivity contribution in [1.29, 1.82) is 0 Å². The van der Waals surface area contributed by atoms with Crippen molar-refractivity contribution in [2.45, 2.75) is 38.3 Å². The highest BCUT2D eigenvalue weighted by atomic mass is 35.5. The molecule has 0 radical (unpaired) electrons. The number of alkyl halides is 3. The Morgan fingerprint density at radius 2 is 1.72 bits per heavy atom. The van der Waals surface area contributed by atoms with Crippen LogP contribution in [0.1, 0.15) is 28.1 Å². The molecule has 2 heterocycles. The van der Waals surface area contributed by atoms with Crippen molar-refractivity contribution in [1.82, 2.24) is 14.5 Å². The maximum Gasteiger partial charge on any atom is 0.416 e. The van der Waals surface area contributed by atoms with E-state index in [1.165, 1.54) is 19.2 Å². The number of carbonyl (C=O) groups excluding carboxylic acids is 1. The van der Waals surface area contributed by atoms with Gasteiger partial charge >= 0.3 is 12.1 Å². The molecule has 0 bridgehead atoms. The van der Waals surface area contributed by atoms with Crippen LogP contribution in [0.3, 0.4) is 0 Å². The summed E-state index contributed by atoms with van der Waals surface area (Å²) in [6.45, 7) is 1.32. The van der Waals surface area contributed by atoms with Gasteiger partial charge in [-0.3, -0.25) is 9.69 Å². The molecule has 0 fully saturated rings. The summed E-state index contributed by atoms with van der Waals surface area (Å²) < 4.78 is 45.6. The zero-order chi connectivity index (χ0) is 22.9. The van der Waals surface area contributed by atoms with E-state index in [-0.39, 0.29) is 0 Å². The highest BCUT2D eigenvalue weighted by Gasteiger charge is 2.35. The fraction of sp³-hybridized carbons (Fsp3) is 0.304. The van der Waals surface area contributed by atoms with E-state index in [4.69, 9.17) is 16.3 Å². The van der Waals surface area contributed by atoms with Crippen molar-refractivity contribution < 1.29 is 22.7 Å². The molecule has 0 unspecified atom stereocenters. The van der Waals surface area contributed by atoms with E-state index in [1.54, 1.807) is 6.33 Å². The lowest BCUT2D eigenvalue weighted by atomic mass is 10.0. The molecule has 0 saturated carbocycles. The van der Waals surface area contributed by atoms with Crippen molar-refractivity contribution in [2.75, 3.05) is 7.11 Å². The molecule has 0 N–H and O–H groups in total. The van der Waals surface area contributed by atoms with Gasteiger partial charge in [0.15, 0.2) is 0 Å². The first-order chi connectivity index (χ1) is 15.2. The van der Waals surface area contributed by atoms with E-state index < -0.39 is 23.8 Å². The molecule has 3 aromatic rings. The van der Waals surface area contributed by atoms with E-state index in [0.29, 0.717) is 36.6 Å². The first-order valence-corrected chi connectivity index (χ1v) is 10.4. The molecule has 168 valence electrons. The molecular formula is C23H21ClF3N3O2. The molecule has 2 aromatic carbocycles. The highest BCUT2D eigenvalue weighted by Crippen LogP contribution is 2.30. The van der Waals surface area contributed by atoms with Gasteiger partial charge in [0.05, 0.1) is 30.4 Å². The molecule has 1 atom stereocenters. The van der Waals surface area contributed by atoms with Gasteiger partial charge in [0.1, 0.15) is 6.04 Å². The SMILES string of the molecule is COC(=O)[C@@H]1Cc2ncn(Cc3ccc(Cl)cc3)c2CN1Cc1ccc(C(F)(F)F)cc1. The summed E-state index contributed by atoms with van der Waals surface area (Å²) in [6.07, 6.45) is -2.27. The number of fused-ring (bicyclic) bond motifs is 1. The zero-order valence-corrected chi connectivity index (χ0v) is 18.0. The van der Waals surface area contributed by atoms with Crippen LogP contribution in [0.2, 0.25) is 5.02 Å². The van der Waals surface area contributed by atoms with Crippen LogP contribution in [-0.4, -0.2) is 33.6 Å². The Morgan fingerprint density at radius 1 is 1.09 bits per heavy atom. The highest BCUT2D eigenvalue weighted by molar-refractivity contribution is 6.30. The molecule has 1 aromatic heterocycles. The Kier molecular flexibility index (Phi) is 6.26. The second-order valence-electron chi connectivity index (χ2n) is 7.74. The maximum atomic E-state index is 12.9. The normalized spacial score (nSPS) is 16.6. The van der Waals surface area contributed by atoms with Crippen LogP contribution >= 0.6 is 11.6 Å². The summed E-state index contributed by atoms with van der Waals surface area (Å²) in [4.78, 5) is 18.8. The van der Waals surface area contributed by atoms with Gasteiger partial charge in [0.25, 0.3) is 0 Å².